The van der Waals surface area contributed by atoms with Crippen LogP contribution >= 0.6 is 11.6 Å². The van der Waals surface area contributed by atoms with Gasteiger partial charge in [-0.05, 0) is 31.2 Å². The van der Waals surface area contributed by atoms with Gasteiger partial charge in [0.2, 0.25) is 0 Å². The molecule has 2 N–H and O–H groups in total. The van der Waals surface area contributed by atoms with Crippen molar-refractivity contribution in [2.45, 2.75) is 6.92 Å². The zero-order valence-electron chi connectivity index (χ0n) is 11.8. The number of aromatic nitrogens is 1. The molecule has 0 aliphatic rings. The van der Waals surface area contributed by atoms with Gasteiger partial charge in [0.25, 0.3) is 5.91 Å². The highest BCUT2D eigenvalue weighted by Gasteiger charge is 2.09. The fraction of sp³-hybridized carbons (Fsp3) is 0.200. The number of rotatable bonds is 5. The molecule has 2 aromatic rings. The van der Waals surface area contributed by atoms with E-state index in [0.29, 0.717) is 27.8 Å². The molecule has 0 bridgehead atoms. The number of ether oxygens (including phenoxy) is 1. The van der Waals surface area contributed by atoms with Gasteiger partial charge in [-0.2, -0.15) is 0 Å². The molecule has 2 rings (SSSR count). The lowest BCUT2D eigenvalue weighted by Gasteiger charge is -2.09. The monoisotopic (exact) mass is 305 g/mol. The van der Waals surface area contributed by atoms with Crippen molar-refractivity contribution in [3.8, 4) is 5.75 Å². The SMILES string of the molecule is CCNc1cc(C(=O)Nc2ccc(Cl)c(OC)c2)ccn1. The lowest BCUT2D eigenvalue weighted by atomic mass is 10.2. The maximum atomic E-state index is 12.2. The van der Waals surface area contributed by atoms with Crippen molar-refractivity contribution >= 4 is 29.0 Å². The molecule has 1 aromatic carbocycles. The van der Waals surface area contributed by atoms with Gasteiger partial charge in [-0.25, -0.2) is 4.98 Å². The van der Waals surface area contributed by atoms with E-state index < -0.39 is 0 Å². The van der Waals surface area contributed by atoms with E-state index in [0.717, 1.165) is 6.54 Å². The molecule has 110 valence electrons. The van der Waals surface area contributed by atoms with Gasteiger partial charge in [0, 0.05) is 30.1 Å². The van der Waals surface area contributed by atoms with Gasteiger partial charge < -0.3 is 15.4 Å². The van der Waals surface area contributed by atoms with Crippen LogP contribution in [-0.4, -0.2) is 24.5 Å². The smallest absolute Gasteiger partial charge is 0.255 e. The number of anilines is 2. The number of benzene rings is 1. The van der Waals surface area contributed by atoms with Crippen molar-refractivity contribution in [3.05, 3.63) is 47.1 Å². The molecule has 0 aliphatic carbocycles. The molecule has 0 fully saturated rings. The lowest BCUT2D eigenvalue weighted by Crippen LogP contribution is -2.12. The number of carbonyl (C=O) groups excluding carboxylic acids is 1. The number of carbonyl (C=O) groups is 1. The Bertz CT molecular complexity index is 647. The summed E-state index contributed by atoms with van der Waals surface area (Å²) in [5, 5.41) is 6.35. The summed E-state index contributed by atoms with van der Waals surface area (Å²) >= 11 is 5.95. The highest BCUT2D eigenvalue weighted by atomic mass is 35.5. The summed E-state index contributed by atoms with van der Waals surface area (Å²) in [6.45, 7) is 2.71. The van der Waals surface area contributed by atoms with Crippen molar-refractivity contribution in [2.75, 3.05) is 24.3 Å². The number of amides is 1. The summed E-state index contributed by atoms with van der Waals surface area (Å²) < 4.78 is 5.12. The molecule has 0 radical (unpaired) electrons. The van der Waals surface area contributed by atoms with Crippen LogP contribution in [0.3, 0.4) is 0 Å². The van der Waals surface area contributed by atoms with Crippen molar-refractivity contribution < 1.29 is 9.53 Å². The van der Waals surface area contributed by atoms with Crippen LogP contribution in [0.2, 0.25) is 5.02 Å². The average Bonchev–Trinajstić information content (AvgIpc) is 2.50. The topological polar surface area (TPSA) is 63.2 Å². The third-order valence-electron chi connectivity index (χ3n) is 2.79. The second-order valence-corrected chi connectivity index (χ2v) is 4.67. The third-order valence-corrected chi connectivity index (χ3v) is 3.10. The van der Waals surface area contributed by atoms with Gasteiger partial charge in [-0.1, -0.05) is 11.6 Å². The Hall–Kier alpha value is -2.27. The maximum Gasteiger partial charge on any atom is 0.255 e. The first kappa shape index (κ1) is 15.1. The summed E-state index contributed by atoms with van der Waals surface area (Å²) in [5.41, 5.74) is 1.14. The van der Waals surface area contributed by atoms with Crippen LogP contribution in [0.4, 0.5) is 11.5 Å². The first-order valence-electron chi connectivity index (χ1n) is 6.49. The Morgan fingerprint density at radius 2 is 2.14 bits per heavy atom. The zero-order valence-corrected chi connectivity index (χ0v) is 12.6. The lowest BCUT2D eigenvalue weighted by molar-refractivity contribution is 0.102. The average molecular weight is 306 g/mol. The standard InChI is InChI=1S/C15H16ClN3O2/c1-3-17-14-8-10(6-7-18-14)15(20)19-11-4-5-12(16)13(9-11)21-2/h4-9H,3H2,1-2H3,(H,17,18)(H,19,20). The molecule has 1 heterocycles. The van der Waals surface area contributed by atoms with Gasteiger partial charge in [-0.15, -0.1) is 0 Å². The number of hydrogen-bond acceptors (Lipinski definition) is 4. The Balaban J connectivity index is 2.16. The number of nitrogens with zero attached hydrogens (tertiary/aromatic N) is 1. The second-order valence-electron chi connectivity index (χ2n) is 4.26. The first-order valence-corrected chi connectivity index (χ1v) is 6.86. The number of methoxy groups -OCH3 is 1. The molecule has 0 spiro atoms. The largest absolute Gasteiger partial charge is 0.495 e. The van der Waals surface area contributed by atoms with Crippen molar-refractivity contribution in [1.29, 1.82) is 0 Å². The molecule has 1 amide bonds. The fourth-order valence-corrected chi connectivity index (χ4v) is 1.99. The molecule has 6 heteroatoms. The summed E-state index contributed by atoms with van der Waals surface area (Å²) in [6.07, 6.45) is 1.59. The van der Waals surface area contributed by atoms with E-state index in [1.807, 2.05) is 6.92 Å². The van der Waals surface area contributed by atoms with E-state index in [9.17, 15) is 4.79 Å². The van der Waals surface area contributed by atoms with Crippen molar-refractivity contribution in [2.24, 2.45) is 0 Å². The van der Waals surface area contributed by atoms with Crippen LogP contribution in [0.1, 0.15) is 17.3 Å². The molecule has 0 saturated heterocycles. The van der Waals surface area contributed by atoms with Crippen LogP contribution in [0, 0.1) is 0 Å². The number of pyridine rings is 1. The quantitative estimate of drug-likeness (QED) is 0.888. The van der Waals surface area contributed by atoms with Crippen molar-refractivity contribution in [3.63, 3.8) is 0 Å². The number of nitrogens with one attached hydrogen (secondary N) is 2. The van der Waals surface area contributed by atoms with Crippen LogP contribution in [0.25, 0.3) is 0 Å². The molecular weight excluding hydrogens is 290 g/mol. The first-order chi connectivity index (χ1) is 10.1. The van der Waals surface area contributed by atoms with E-state index in [4.69, 9.17) is 16.3 Å². The molecule has 0 saturated carbocycles. The van der Waals surface area contributed by atoms with E-state index in [1.54, 1.807) is 36.5 Å². The Kier molecular flexibility index (Phi) is 5.00. The molecule has 21 heavy (non-hydrogen) atoms. The summed E-state index contributed by atoms with van der Waals surface area (Å²) in [5.74, 6) is 0.956. The Labute approximate surface area is 128 Å². The van der Waals surface area contributed by atoms with Gasteiger partial charge in [-0.3, -0.25) is 4.79 Å². The molecule has 1 aromatic heterocycles. The van der Waals surface area contributed by atoms with E-state index in [2.05, 4.69) is 15.6 Å². The molecule has 5 nitrogen and oxygen atoms in total. The highest BCUT2D eigenvalue weighted by molar-refractivity contribution is 6.32. The van der Waals surface area contributed by atoms with Gasteiger partial charge in [0.15, 0.2) is 0 Å². The zero-order chi connectivity index (χ0) is 15.2. The third kappa shape index (κ3) is 3.86. The Morgan fingerprint density at radius 3 is 2.86 bits per heavy atom. The second kappa shape index (κ2) is 6.95. The molecular formula is C15H16ClN3O2. The summed E-state index contributed by atoms with van der Waals surface area (Å²) in [6, 6.07) is 8.42. The molecule has 0 atom stereocenters. The van der Waals surface area contributed by atoms with Crippen molar-refractivity contribution in [1.82, 2.24) is 4.98 Å². The molecule has 0 unspecified atom stereocenters. The minimum Gasteiger partial charge on any atom is -0.495 e. The predicted octanol–water partition coefficient (Wildman–Crippen LogP) is 3.43. The number of halogens is 1. The van der Waals surface area contributed by atoms with E-state index in [-0.39, 0.29) is 5.91 Å². The van der Waals surface area contributed by atoms with Crippen LogP contribution in [0.15, 0.2) is 36.5 Å². The van der Waals surface area contributed by atoms with Gasteiger partial charge >= 0.3 is 0 Å². The molecule has 0 aliphatic heterocycles. The van der Waals surface area contributed by atoms with Gasteiger partial charge in [0.05, 0.1) is 12.1 Å². The maximum absolute atomic E-state index is 12.2. The summed E-state index contributed by atoms with van der Waals surface area (Å²) in [4.78, 5) is 16.3. The predicted molar refractivity (Wildman–Crippen MR) is 84.4 cm³/mol. The number of hydrogen-bond donors (Lipinski definition) is 2. The van der Waals surface area contributed by atoms with Gasteiger partial charge in [0.1, 0.15) is 11.6 Å². The highest BCUT2D eigenvalue weighted by Crippen LogP contribution is 2.27. The minimum atomic E-state index is -0.221. The van der Waals surface area contributed by atoms with Crippen LogP contribution in [-0.2, 0) is 0 Å². The van der Waals surface area contributed by atoms with E-state index >= 15 is 0 Å². The summed E-state index contributed by atoms with van der Waals surface area (Å²) in [7, 11) is 1.53. The Morgan fingerprint density at radius 1 is 1.33 bits per heavy atom. The van der Waals surface area contributed by atoms with Crippen LogP contribution < -0.4 is 15.4 Å². The minimum absolute atomic E-state index is 0.221. The fourth-order valence-electron chi connectivity index (χ4n) is 1.79. The van der Waals surface area contributed by atoms with Crippen LogP contribution in [0.5, 0.6) is 5.75 Å². The normalized spacial score (nSPS) is 10.0. The van der Waals surface area contributed by atoms with E-state index in [1.165, 1.54) is 7.11 Å².